The Morgan fingerprint density at radius 2 is 1.86 bits per heavy atom. The van der Waals surface area contributed by atoms with Crippen molar-refractivity contribution in [3.8, 4) is 5.75 Å². The number of methoxy groups -OCH3 is 1. The zero-order valence-corrected chi connectivity index (χ0v) is 18.0. The maximum atomic E-state index is 13.3. The van der Waals surface area contributed by atoms with Gasteiger partial charge in [-0.3, -0.25) is 9.10 Å². The monoisotopic (exact) mass is 430 g/mol. The molecule has 3 aromatic rings. The van der Waals surface area contributed by atoms with E-state index < -0.39 is 10.0 Å². The predicted molar refractivity (Wildman–Crippen MR) is 117 cm³/mol. The van der Waals surface area contributed by atoms with E-state index in [9.17, 15) is 13.2 Å². The minimum absolute atomic E-state index is 0.0715. The van der Waals surface area contributed by atoms with Crippen molar-refractivity contribution < 1.29 is 17.9 Å². The zero-order chi connectivity index (χ0) is 21.0. The summed E-state index contributed by atoms with van der Waals surface area (Å²) in [5.41, 5.74) is 1.73. The van der Waals surface area contributed by atoms with Crippen LogP contribution in [-0.2, 0) is 10.0 Å². The summed E-state index contributed by atoms with van der Waals surface area (Å²) in [5.74, 6) is 0.0787. The Labute approximate surface area is 174 Å². The highest BCUT2D eigenvalue weighted by Gasteiger charge is 2.25. The molecule has 2 aromatic carbocycles. The number of nitrogens with one attached hydrogen (secondary N) is 1. The van der Waals surface area contributed by atoms with E-state index in [-0.39, 0.29) is 17.3 Å². The van der Waals surface area contributed by atoms with Gasteiger partial charge in [-0.25, -0.2) is 8.42 Å². The first kappa shape index (κ1) is 20.9. The van der Waals surface area contributed by atoms with E-state index in [1.165, 1.54) is 34.9 Å². The second-order valence-electron chi connectivity index (χ2n) is 6.25. The lowest BCUT2D eigenvalue weighted by atomic mass is 10.2. The van der Waals surface area contributed by atoms with Crippen molar-refractivity contribution in [3.63, 3.8) is 0 Å². The van der Waals surface area contributed by atoms with Crippen LogP contribution in [0.5, 0.6) is 5.75 Å². The van der Waals surface area contributed by atoms with Crippen molar-refractivity contribution in [2.45, 2.75) is 18.7 Å². The van der Waals surface area contributed by atoms with E-state index in [4.69, 9.17) is 4.74 Å². The van der Waals surface area contributed by atoms with Gasteiger partial charge in [0.15, 0.2) is 0 Å². The molecule has 0 spiro atoms. The van der Waals surface area contributed by atoms with Crippen LogP contribution in [0.3, 0.4) is 0 Å². The molecule has 0 bridgehead atoms. The lowest BCUT2D eigenvalue weighted by Gasteiger charge is -2.23. The fourth-order valence-electron chi connectivity index (χ4n) is 2.94. The van der Waals surface area contributed by atoms with Gasteiger partial charge in [-0.2, -0.15) is 0 Å². The number of rotatable bonds is 7. The summed E-state index contributed by atoms with van der Waals surface area (Å²) in [6.45, 7) is 3.90. The number of anilines is 2. The second kappa shape index (κ2) is 8.67. The molecule has 0 saturated heterocycles. The third-order valence-electron chi connectivity index (χ3n) is 4.41. The van der Waals surface area contributed by atoms with E-state index >= 15 is 0 Å². The van der Waals surface area contributed by atoms with Crippen LogP contribution in [0, 0.1) is 6.92 Å². The standard InChI is InChI=1S/C21H22N2O4S2/c1-4-23(16-8-6-5-7-9-16)29(25,26)17-10-11-19(27-3)18(14-17)22-21(24)20-15(2)12-13-28-20/h5-14H,4H2,1-3H3,(H,22,24). The number of benzene rings is 2. The van der Waals surface area contributed by atoms with Gasteiger partial charge in [0, 0.05) is 6.54 Å². The van der Waals surface area contributed by atoms with E-state index in [0.29, 0.717) is 22.0 Å². The summed E-state index contributed by atoms with van der Waals surface area (Å²) in [4.78, 5) is 13.3. The van der Waals surface area contributed by atoms with Crippen LogP contribution in [0.15, 0.2) is 64.9 Å². The van der Waals surface area contributed by atoms with Gasteiger partial charge in [0.05, 0.1) is 28.3 Å². The molecule has 1 N–H and O–H groups in total. The van der Waals surface area contributed by atoms with Crippen molar-refractivity contribution >= 4 is 38.6 Å². The van der Waals surface area contributed by atoms with Gasteiger partial charge >= 0.3 is 0 Å². The fourth-order valence-corrected chi connectivity index (χ4v) is 5.26. The van der Waals surface area contributed by atoms with E-state index in [1.807, 2.05) is 24.4 Å². The number of ether oxygens (including phenoxy) is 1. The van der Waals surface area contributed by atoms with Gasteiger partial charge in [-0.1, -0.05) is 18.2 Å². The number of hydrogen-bond donors (Lipinski definition) is 1. The van der Waals surface area contributed by atoms with Gasteiger partial charge in [-0.05, 0) is 61.2 Å². The van der Waals surface area contributed by atoms with Crippen molar-refractivity contribution in [1.29, 1.82) is 0 Å². The van der Waals surface area contributed by atoms with Gasteiger partial charge in [0.25, 0.3) is 15.9 Å². The lowest BCUT2D eigenvalue weighted by molar-refractivity contribution is 0.102. The highest BCUT2D eigenvalue weighted by molar-refractivity contribution is 7.92. The molecule has 3 rings (SSSR count). The number of nitrogens with zero attached hydrogens (tertiary/aromatic N) is 1. The van der Waals surface area contributed by atoms with E-state index in [2.05, 4.69) is 5.32 Å². The maximum Gasteiger partial charge on any atom is 0.266 e. The molecule has 0 aliphatic rings. The van der Waals surface area contributed by atoms with Crippen LogP contribution in [0.25, 0.3) is 0 Å². The van der Waals surface area contributed by atoms with Crippen LogP contribution < -0.4 is 14.4 Å². The molecule has 6 nitrogen and oxygen atoms in total. The molecule has 0 atom stereocenters. The van der Waals surface area contributed by atoms with Gasteiger partial charge in [0.2, 0.25) is 0 Å². The highest BCUT2D eigenvalue weighted by atomic mass is 32.2. The first-order valence-electron chi connectivity index (χ1n) is 8.99. The topological polar surface area (TPSA) is 75.7 Å². The smallest absolute Gasteiger partial charge is 0.266 e. The summed E-state index contributed by atoms with van der Waals surface area (Å²) in [6, 6.07) is 15.2. The number of carbonyl (C=O) groups is 1. The molecule has 1 aromatic heterocycles. The van der Waals surface area contributed by atoms with E-state index in [1.54, 1.807) is 37.3 Å². The van der Waals surface area contributed by atoms with Crippen LogP contribution in [0.1, 0.15) is 22.2 Å². The Morgan fingerprint density at radius 1 is 1.14 bits per heavy atom. The molecular weight excluding hydrogens is 408 g/mol. The average molecular weight is 431 g/mol. The van der Waals surface area contributed by atoms with Gasteiger partial charge < -0.3 is 10.1 Å². The summed E-state index contributed by atoms with van der Waals surface area (Å²) in [5, 5.41) is 4.61. The Morgan fingerprint density at radius 3 is 2.45 bits per heavy atom. The first-order valence-corrected chi connectivity index (χ1v) is 11.3. The SMILES string of the molecule is CCN(c1ccccc1)S(=O)(=O)c1ccc(OC)c(NC(=O)c2sccc2C)c1. The fraction of sp³-hybridized carbons (Fsp3) is 0.190. The summed E-state index contributed by atoms with van der Waals surface area (Å²) >= 11 is 1.33. The predicted octanol–water partition coefficient (Wildman–Crippen LogP) is 4.53. The third kappa shape index (κ3) is 4.28. The van der Waals surface area contributed by atoms with Crippen LogP contribution in [-0.4, -0.2) is 28.0 Å². The molecule has 8 heteroatoms. The molecule has 0 aliphatic heterocycles. The lowest BCUT2D eigenvalue weighted by Crippen LogP contribution is -2.30. The molecule has 152 valence electrons. The van der Waals surface area contributed by atoms with Crippen molar-refractivity contribution in [1.82, 2.24) is 0 Å². The minimum Gasteiger partial charge on any atom is -0.495 e. The Bertz CT molecular complexity index is 1110. The Balaban J connectivity index is 1.99. The Kier molecular flexibility index (Phi) is 6.24. The molecule has 0 saturated carbocycles. The Hall–Kier alpha value is -2.84. The number of amides is 1. The number of aryl methyl sites for hydroxylation is 1. The average Bonchev–Trinajstić information content (AvgIpc) is 3.15. The third-order valence-corrected chi connectivity index (χ3v) is 7.32. The number of para-hydroxylation sites is 1. The molecular formula is C21H22N2O4S2. The molecule has 0 unspecified atom stereocenters. The zero-order valence-electron chi connectivity index (χ0n) is 16.4. The summed E-state index contributed by atoms with van der Waals surface area (Å²) in [6.07, 6.45) is 0. The van der Waals surface area contributed by atoms with Crippen LogP contribution >= 0.6 is 11.3 Å². The van der Waals surface area contributed by atoms with Gasteiger partial charge in [0.1, 0.15) is 5.75 Å². The van der Waals surface area contributed by atoms with Crippen molar-refractivity contribution in [2.75, 3.05) is 23.3 Å². The number of carbonyl (C=O) groups excluding carboxylic acids is 1. The number of hydrogen-bond acceptors (Lipinski definition) is 5. The maximum absolute atomic E-state index is 13.3. The number of thiophene rings is 1. The quantitative estimate of drug-likeness (QED) is 0.597. The van der Waals surface area contributed by atoms with Crippen molar-refractivity contribution in [3.05, 3.63) is 70.4 Å². The molecule has 0 radical (unpaired) electrons. The highest BCUT2D eigenvalue weighted by Crippen LogP contribution is 2.31. The summed E-state index contributed by atoms with van der Waals surface area (Å²) in [7, 11) is -2.35. The minimum atomic E-state index is -3.82. The molecule has 1 heterocycles. The molecule has 29 heavy (non-hydrogen) atoms. The largest absolute Gasteiger partial charge is 0.495 e. The first-order chi connectivity index (χ1) is 13.9. The van der Waals surface area contributed by atoms with Crippen molar-refractivity contribution in [2.24, 2.45) is 0 Å². The van der Waals surface area contributed by atoms with Crippen LogP contribution in [0.2, 0.25) is 0 Å². The van der Waals surface area contributed by atoms with Gasteiger partial charge in [-0.15, -0.1) is 11.3 Å². The van der Waals surface area contributed by atoms with Crippen LogP contribution in [0.4, 0.5) is 11.4 Å². The van der Waals surface area contributed by atoms with E-state index in [0.717, 1.165) is 5.56 Å². The number of sulfonamides is 1. The molecule has 1 amide bonds. The molecule has 0 fully saturated rings. The normalized spacial score (nSPS) is 11.1. The second-order valence-corrected chi connectivity index (χ2v) is 9.03. The summed E-state index contributed by atoms with van der Waals surface area (Å²) < 4.78 is 33.2. The molecule has 0 aliphatic carbocycles.